The normalized spacial score (nSPS) is 25.6. The molecule has 1 aliphatic heterocycles. The van der Waals surface area contributed by atoms with Crippen LogP contribution in [0.3, 0.4) is 0 Å². The van der Waals surface area contributed by atoms with Gasteiger partial charge in [0.2, 0.25) is 0 Å². The van der Waals surface area contributed by atoms with Crippen molar-refractivity contribution >= 4 is 0 Å². The second-order valence-electron chi connectivity index (χ2n) is 5.82. The summed E-state index contributed by atoms with van der Waals surface area (Å²) in [5, 5.41) is 10.1. The topological polar surface area (TPSA) is 32.7 Å². The van der Waals surface area contributed by atoms with Crippen LogP contribution in [0.1, 0.15) is 44.9 Å². The van der Waals surface area contributed by atoms with Gasteiger partial charge in [-0.05, 0) is 32.2 Å². The Morgan fingerprint density at radius 3 is 2.47 bits per heavy atom. The molecule has 2 rings (SSSR count). The first-order valence-electron chi connectivity index (χ1n) is 7.21. The van der Waals surface area contributed by atoms with Crippen molar-refractivity contribution in [2.45, 2.75) is 57.1 Å². The Labute approximate surface area is 105 Å². The summed E-state index contributed by atoms with van der Waals surface area (Å²) in [6, 6.07) is 0.613. The quantitative estimate of drug-likeness (QED) is 0.799. The third-order valence-electron chi connectivity index (χ3n) is 4.39. The standard InChI is InChI=1S/C14H27NO2/c1-15(13-6-8-17-9-7-13)11-14(16)10-12-4-2-3-5-12/h12-14,16H,2-11H2,1H3. The Morgan fingerprint density at radius 1 is 1.18 bits per heavy atom. The molecule has 1 heterocycles. The van der Waals surface area contributed by atoms with Gasteiger partial charge in [-0.15, -0.1) is 0 Å². The summed E-state index contributed by atoms with van der Waals surface area (Å²) in [5.74, 6) is 0.785. The van der Waals surface area contributed by atoms with Crippen molar-refractivity contribution in [2.75, 3.05) is 26.8 Å². The number of rotatable bonds is 5. The fraction of sp³-hybridized carbons (Fsp3) is 1.00. The Hall–Kier alpha value is -0.120. The van der Waals surface area contributed by atoms with Crippen LogP contribution in [0.4, 0.5) is 0 Å². The average Bonchev–Trinajstić information content (AvgIpc) is 2.82. The van der Waals surface area contributed by atoms with Crippen LogP contribution in [0.5, 0.6) is 0 Å². The molecule has 1 unspecified atom stereocenters. The molecule has 0 spiro atoms. The van der Waals surface area contributed by atoms with Crippen LogP contribution in [0.2, 0.25) is 0 Å². The van der Waals surface area contributed by atoms with Crippen molar-refractivity contribution in [3.63, 3.8) is 0 Å². The lowest BCUT2D eigenvalue weighted by atomic mass is 9.99. The Balaban J connectivity index is 1.67. The summed E-state index contributed by atoms with van der Waals surface area (Å²) in [6.07, 6.45) is 8.51. The van der Waals surface area contributed by atoms with E-state index in [2.05, 4.69) is 11.9 Å². The third kappa shape index (κ3) is 4.23. The van der Waals surface area contributed by atoms with E-state index in [1.54, 1.807) is 0 Å². The molecule has 1 saturated heterocycles. The summed E-state index contributed by atoms with van der Waals surface area (Å²) in [5.41, 5.74) is 0. The molecule has 2 aliphatic rings. The highest BCUT2D eigenvalue weighted by atomic mass is 16.5. The summed E-state index contributed by atoms with van der Waals surface area (Å²) in [7, 11) is 2.15. The minimum absolute atomic E-state index is 0.133. The van der Waals surface area contributed by atoms with E-state index in [-0.39, 0.29) is 6.10 Å². The van der Waals surface area contributed by atoms with Crippen molar-refractivity contribution < 1.29 is 9.84 Å². The van der Waals surface area contributed by atoms with Crippen LogP contribution in [0, 0.1) is 5.92 Å². The maximum atomic E-state index is 10.1. The maximum Gasteiger partial charge on any atom is 0.0669 e. The van der Waals surface area contributed by atoms with E-state index >= 15 is 0 Å². The summed E-state index contributed by atoms with van der Waals surface area (Å²) >= 11 is 0. The van der Waals surface area contributed by atoms with Crippen LogP contribution >= 0.6 is 0 Å². The molecule has 100 valence electrons. The van der Waals surface area contributed by atoms with Gasteiger partial charge in [0.05, 0.1) is 6.10 Å². The second kappa shape index (κ2) is 6.72. The van der Waals surface area contributed by atoms with Gasteiger partial charge in [-0.1, -0.05) is 25.7 Å². The van der Waals surface area contributed by atoms with Gasteiger partial charge in [0.1, 0.15) is 0 Å². The van der Waals surface area contributed by atoms with E-state index in [4.69, 9.17) is 4.74 Å². The molecule has 0 bridgehead atoms. The van der Waals surface area contributed by atoms with Gasteiger partial charge in [0, 0.05) is 25.8 Å². The lowest BCUT2D eigenvalue weighted by Crippen LogP contribution is -2.41. The molecule has 3 nitrogen and oxygen atoms in total. The number of hydrogen-bond donors (Lipinski definition) is 1. The molecule has 0 aromatic heterocycles. The van der Waals surface area contributed by atoms with E-state index in [0.29, 0.717) is 6.04 Å². The van der Waals surface area contributed by atoms with Crippen molar-refractivity contribution in [3.05, 3.63) is 0 Å². The first-order valence-corrected chi connectivity index (χ1v) is 7.21. The lowest BCUT2D eigenvalue weighted by Gasteiger charge is -2.32. The Morgan fingerprint density at radius 2 is 1.82 bits per heavy atom. The molecular weight excluding hydrogens is 214 g/mol. The number of aliphatic hydroxyl groups is 1. The van der Waals surface area contributed by atoms with Gasteiger partial charge in [0.15, 0.2) is 0 Å². The van der Waals surface area contributed by atoms with E-state index in [1.165, 1.54) is 25.7 Å². The third-order valence-corrected chi connectivity index (χ3v) is 4.39. The smallest absolute Gasteiger partial charge is 0.0669 e. The second-order valence-corrected chi connectivity index (χ2v) is 5.82. The van der Waals surface area contributed by atoms with Gasteiger partial charge in [-0.3, -0.25) is 0 Å². The van der Waals surface area contributed by atoms with Crippen LogP contribution in [-0.4, -0.2) is 49.0 Å². The van der Waals surface area contributed by atoms with E-state index < -0.39 is 0 Å². The van der Waals surface area contributed by atoms with Gasteiger partial charge in [-0.25, -0.2) is 0 Å². The zero-order valence-corrected chi connectivity index (χ0v) is 11.1. The highest BCUT2D eigenvalue weighted by Gasteiger charge is 2.23. The Bertz CT molecular complexity index is 210. The van der Waals surface area contributed by atoms with Crippen LogP contribution in [0.15, 0.2) is 0 Å². The lowest BCUT2D eigenvalue weighted by molar-refractivity contribution is 0.0213. The van der Waals surface area contributed by atoms with E-state index in [9.17, 15) is 5.11 Å². The van der Waals surface area contributed by atoms with Gasteiger partial charge < -0.3 is 14.7 Å². The van der Waals surface area contributed by atoms with Crippen molar-refractivity contribution in [3.8, 4) is 0 Å². The van der Waals surface area contributed by atoms with Crippen LogP contribution in [-0.2, 0) is 4.74 Å². The van der Waals surface area contributed by atoms with Crippen LogP contribution < -0.4 is 0 Å². The number of likely N-dealkylation sites (N-methyl/N-ethyl adjacent to an activating group) is 1. The fourth-order valence-corrected chi connectivity index (χ4v) is 3.31. The minimum atomic E-state index is -0.133. The largest absolute Gasteiger partial charge is 0.392 e. The molecule has 1 saturated carbocycles. The first-order chi connectivity index (χ1) is 8.25. The molecule has 0 radical (unpaired) electrons. The van der Waals surface area contributed by atoms with E-state index in [1.807, 2.05) is 0 Å². The summed E-state index contributed by atoms with van der Waals surface area (Å²) in [4.78, 5) is 2.34. The molecule has 0 amide bonds. The fourth-order valence-electron chi connectivity index (χ4n) is 3.31. The van der Waals surface area contributed by atoms with Crippen molar-refractivity contribution in [1.29, 1.82) is 0 Å². The van der Waals surface area contributed by atoms with E-state index in [0.717, 1.165) is 44.9 Å². The van der Waals surface area contributed by atoms with Crippen LogP contribution in [0.25, 0.3) is 0 Å². The number of nitrogens with zero attached hydrogens (tertiary/aromatic N) is 1. The monoisotopic (exact) mass is 241 g/mol. The molecule has 0 aromatic rings. The molecule has 1 aliphatic carbocycles. The van der Waals surface area contributed by atoms with Gasteiger partial charge >= 0.3 is 0 Å². The number of ether oxygens (including phenoxy) is 1. The zero-order chi connectivity index (χ0) is 12.1. The Kier molecular flexibility index (Phi) is 5.26. The van der Waals surface area contributed by atoms with Gasteiger partial charge in [-0.2, -0.15) is 0 Å². The first kappa shape index (κ1) is 13.3. The average molecular weight is 241 g/mol. The molecular formula is C14H27NO2. The zero-order valence-electron chi connectivity index (χ0n) is 11.1. The molecule has 0 aromatic carbocycles. The van der Waals surface area contributed by atoms with Crippen molar-refractivity contribution in [2.24, 2.45) is 5.92 Å². The highest BCUT2D eigenvalue weighted by molar-refractivity contribution is 4.77. The van der Waals surface area contributed by atoms with Crippen molar-refractivity contribution in [1.82, 2.24) is 4.90 Å². The highest BCUT2D eigenvalue weighted by Crippen LogP contribution is 2.28. The number of aliphatic hydroxyl groups excluding tert-OH is 1. The summed E-state index contributed by atoms with van der Waals surface area (Å²) < 4.78 is 5.37. The molecule has 1 N–H and O–H groups in total. The SMILES string of the molecule is CN(CC(O)CC1CCCC1)C1CCOCC1. The minimum Gasteiger partial charge on any atom is -0.392 e. The predicted octanol–water partition coefficient (Wildman–Crippen LogP) is 2.04. The molecule has 3 heteroatoms. The maximum absolute atomic E-state index is 10.1. The molecule has 1 atom stereocenters. The molecule has 17 heavy (non-hydrogen) atoms. The molecule has 2 fully saturated rings. The summed E-state index contributed by atoms with van der Waals surface area (Å²) in [6.45, 7) is 2.60. The van der Waals surface area contributed by atoms with Gasteiger partial charge in [0.25, 0.3) is 0 Å². The number of hydrogen-bond acceptors (Lipinski definition) is 3. The predicted molar refractivity (Wildman–Crippen MR) is 69.1 cm³/mol.